The third kappa shape index (κ3) is 4.67. The number of rotatable bonds is 7. The first-order chi connectivity index (χ1) is 17.3. The van der Waals surface area contributed by atoms with E-state index in [0.29, 0.717) is 0 Å². The number of hydrogen-bond donors (Lipinski definition) is 1. The van der Waals surface area contributed by atoms with Gasteiger partial charge < -0.3 is 19.3 Å². The maximum atomic E-state index is 13.5. The first kappa shape index (κ1) is 24.9. The van der Waals surface area contributed by atoms with E-state index < -0.39 is 35.4 Å². The SMILES string of the molecule is CC1(C)OC(C(=O)OCc2ccccc2)C(C(=O)O)(c2ccccc2)N1C(=O)OCc1ccccc1. The minimum atomic E-state index is -2.23. The number of carboxylic acid groups (broad SMARTS) is 1. The van der Waals surface area contributed by atoms with Gasteiger partial charge in [-0.3, -0.25) is 4.90 Å². The van der Waals surface area contributed by atoms with Crippen LogP contribution in [0.1, 0.15) is 30.5 Å². The lowest BCUT2D eigenvalue weighted by atomic mass is 9.83. The highest BCUT2D eigenvalue weighted by Gasteiger charge is 2.69. The third-order valence-corrected chi connectivity index (χ3v) is 6.04. The van der Waals surface area contributed by atoms with Crippen molar-refractivity contribution in [2.24, 2.45) is 0 Å². The summed E-state index contributed by atoms with van der Waals surface area (Å²) in [6.07, 6.45) is -2.59. The minimum Gasteiger partial charge on any atom is -0.479 e. The van der Waals surface area contributed by atoms with Gasteiger partial charge in [0.2, 0.25) is 5.54 Å². The summed E-state index contributed by atoms with van der Waals surface area (Å²) in [7, 11) is 0. The topological polar surface area (TPSA) is 102 Å². The molecule has 0 bridgehead atoms. The van der Waals surface area contributed by atoms with Crippen molar-refractivity contribution in [2.45, 2.75) is 44.4 Å². The Bertz CT molecular complexity index is 1210. The van der Waals surface area contributed by atoms with Crippen molar-refractivity contribution in [1.29, 1.82) is 0 Å². The van der Waals surface area contributed by atoms with Gasteiger partial charge in [-0.2, -0.15) is 0 Å². The molecule has 3 aromatic carbocycles. The fourth-order valence-electron chi connectivity index (χ4n) is 4.44. The van der Waals surface area contributed by atoms with Crippen LogP contribution in [0.5, 0.6) is 0 Å². The van der Waals surface area contributed by atoms with Gasteiger partial charge in [-0.25, -0.2) is 14.4 Å². The van der Waals surface area contributed by atoms with Crippen LogP contribution < -0.4 is 0 Å². The molecule has 8 nitrogen and oxygen atoms in total. The maximum Gasteiger partial charge on any atom is 0.413 e. The normalized spacial score (nSPS) is 20.5. The van der Waals surface area contributed by atoms with Gasteiger partial charge in [-0.15, -0.1) is 0 Å². The number of benzene rings is 3. The van der Waals surface area contributed by atoms with Gasteiger partial charge in [0.05, 0.1) is 0 Å². The Kier molecular flexibility index (Phi) is 7.07. The highest BCUT2D eigenvalue weighted by atomic mass is 16.6. The summed E-state index contributed by atoms with van der Waals surface area (Å²) in [6.45, 7) is 2.87. The zero-order valence-corrected chi connectivity index (χ0v) is 20.0. The number of nitrogens with zero attached hydrogens (tertiary/aromatic N) is 1. The van der Waals surface area contributed by atoms with Crippen LogP contribution in [0.25, 0.3) is 0 Å². The fraction of sp³-hybridized carbons (Fsp3) is 0.250. The summed E-state index contributed by atoms with van der Waals surface area (Å²) >= 11 is 0. The van der Waals surface area contributed by atoms with E-state index in [-0.39, 0.29) is 18.8 Å². The van der Waals surface area contributed by atoms with Crippen LogP contribution in [0.4, 0.5) is 4.79 Å². The van der Waals surface area contributed by atoms with Gasteiger partial charge in [0.15, 0.2) is 6.10 Å². The molecule has 0 aromatic heterocycles. The molecule has 1 aliphatic heterocycles. The van der Waals surface area contributed by atoms with Crippen LogP contribution in [-0.4, -0.2) is 39.9 Å². The molecular formula is C28H27NO7. The van der Waals surface area contributed by atoms with Crippen molar-refractivity contribution in [3.8, 4) is 0 Å². The Balaban J connectivity index is 1.72. The van der Waals surface area contributed by atoms with E-state index in [2.05, 4.69) is 0 Å². The van der Waals surface area contributed by atoms with Crippen LogP contribution in [0.15, 0.2) is 91.0 Å². The number of amides is 1. The number of carboxylic acids is 1. The van der Waals surface area contributed by atoms with E-state index in [1.165, 1.54) is 26.0 Å². The molecule has 1 aliphatic rings. The number of carbonyl (C=O) groups excluding carboxylic acids is 2. The van der Waals surface area contributed by atoms with Gasteiger partial charge in [0.1, 0.15) is 18.9 Å². The summed E-state index contributed by atoms with van der Waals surface area (Å²) in [6, 6.07) is 26.0. The van der Waals surface area contributed by atoms with Crippen molar-refractivity contribution < 1.29 is 33.7 Å². The summed E-state index contributed by atoms with van der Waals surface area (Å²) in [5.41, 5.74) is -2.11. The molecule has 0 saturated carbocycles. The van der Waals surface area contributed by atoms with Gasteiger partial charge >= 0.3 is 18.0 Å². The van der Waals surface area contributed by atoms with Crippen molar-refractivity contribution in [1.82, 2.24) is 4.90 Å². The Morgan fingerprint density at radius 2 is 1.28 bits per heavy atom. The second-order valence-corrected chi connectivity index (χ2v) is 8.85. The zero-order chi connectivity index (χ0) is 25.8. The zero-order valence-electron chi connectivity index (χ0n) is 20.0. The average Bonchev–Trinajstić information content (AvgIpc) is 3.16. The number of carbonyl (C=O) groups is 3. The molecule has 186 valence electrons. The highest BCUT2D eigenvalue weighted by Crippen LogP contribution is 2.48. The predicted octanol–water partition coefficient (Wildman–Crippen LogP) is 4.48. The predicted molar refractivity (Wildman–Crippen MR) is 129 cm³/mol. The van der Waals surface area contributed by atoms with Crippen LogP contribution in [0, 0.1) is 0 Å². The van der Waals surface area contributed by atoms with Gasteiger partial charge in [0, 0.05) is 0 Å². The second-order valence-electron chi connectivity index (χ2n) is 8.85. The fourth-order valence-corrected chi connectivity index (χ4v) is 4.44. The molecule has 2 atom stereocenters. The van der Waals surface area contributed by atoms with Crippen LogP contribution >= 0.6 is 0 Å². The number of esters is 1. The Morgan fingerprint density at radius 1 is 0.806 bits per heavy atom. The summed E-state index contributed by atoms with van der Waals surface area (Å²) in [5, 5.41) is 10.6. The van der Waals surface area contributed by atoms with Crippen molar-refractivity contribution >= 4 is 18.0 Å². The lowest BCUT2D eigenvalue weighted by Gasteiger charge is -2.39. The van der Waals surface area contributed by atoms with E-state index in [1.807, 2.05) is 12.1 Å². The molecular weight excluding hydrogens is 462 g/mol. The lowest BCUT2D eigenvalue weighted by Crippen LogP contribution is -2.61. The molecule has 2 unspecified atom stereocenters. The van der Waals surface area contributed by atoms with Crippen LogP contribution in [-0.2, 0) is 42.6 Å². The molecule has 3 aromatic rings. The van der Waals surface area contributed by atoms with Crippen LogP contribution in [0.3, 0.4) is 0 Å². The first-order valence-electron chi connectivity index (χ1n) is 11.4. The largest absolute Gasteiger partial charge is 0.479 e. The van der Waals surface area contributed by atoms with E-state index in [9.17, 15) is 19.5 Å². The Labute approximate surface area is 209 Å². The first-order valence-corrected chi connectivity index (χ1v) is 11.4. The lowest BCUT2D eigenvalue weighted by molar-refractivity contribution is -0.168. The molecule has 1 saturated heterocycles. The molecule has 4 rings (SSSR count). The third-order valence-electron chi connectivity index (χ3n) is 6.04. The molecule has 1 N–H and O–H groups in total. The second kappa shape index (κ2) is 10.2. The molecule has 0 spiro atoms. The van der Waals surface area contributed by atoms with E-state index >= 15 is 0 Å². The van der Waals surface area contributed by atoms with Crippen molar-refractivity contribution in [3.05, 3.63) is 108 Å². The van der Waals surface area contributed by atoms with E-state index in [0.717, 1.165) is 16.0 Å². The summed E-state index contributed by atoms with van der Waals surface area (Å²) in [5.74, 6) is -2.35. The smallest absolute Gasteiger partial charge is 0.413 e. The molecule has 0 radical (unpaired) electrons. The van der Waals surface area contributed by atoms with E-state index in [4.69, 9.17) is 14.2 Å². The summed E-state index contributed by atoms with van der Waals surface area (Å²) < 4.78 is 17.0. The Hall–Kier alpha value is -4.17. The number of ether oxygens (including phenoxy) is 3. The quantitative estimate of drug-likeness (QED) is 0.488. The van der Waals surface area contributed by atoms with Crippen molar-refractivity contribution in [2.75, 3.05) is 0 Å². The average molecular weight is 490 g/mol. The monoisotopic (exact) mass is 489 g/mol. The molecule has 0 aliphatic carbocycles. The van der Waals surface area contributed by atoms with Gasteiger partial charge in [-0.1, -0.05) is 91.0 Å². The molecule has 1 heterocycles. The minimum absolute atomic E-state index is 0.0805. The molecule has 8 heteroatoms. The number of aliphatic carboxylic acids is 1. The molecule has 1 amide bonds. The number of hydrogen-bond acceptors (Lipinski definition) is 6. The molecule has 1 fully saturated rings. The highest BCUT2D eigenvalue weighted by molar-refractivity contribution is 5.95. The van der Waals surface area contributed by atoms with Crippen LogP contribution in [0.2, 0.25) is 0 Å². The van der Waals surface area contributed by atoms with Gasteiger partial charge in [0.25, 0.3) is 0 Å². The molecule has 36 heavy (non-hydrogen) atoms. The maximum absolute atomic E-state index is 13.5. The Morgan fingerprint density at radius 3 is 1.78 bits per heavy atom. The summed E-state index contributed by atoms with van der Waals surface area (Å²) in [4.78, 5) is 40.9. The van der Waals surface area contributed by atoms with Crippen molar-refractivity contribution in [3.63, 3.8) is 0 Å². The standard InChI is InChI=1S/C28H27NO7/c1-27(2)29(26(33)35-19-21-14-8-4-9-15-21)28(25(31)32,22-16-10-5-11-17-22)23(36-27)24(30)34-18-20-12-6-3-7-13-20/h3-17,23H,18-19H2,1-2H3,(H,31,32). The van der Waals surface area contributed by atoms with E-state index in [1.54, 1.807) is 66.7 Å². The van der Waals surface area contributed by atoms with Gasteiger partial charge in [-0.05, 0) is 30.5 Å².